The number of aromatic nitrogens is 1. The molecule has 1 aromatic heterocycles. The predicted octanol–water partition coefficient (Wildman–Crippen LogP) is 6.28. The lowest BCUT2D eigenvalue weighted by atomic mass is 9.88. The third-order valence-electron chi connectivity index (χ3n) is 8.75. The minimum Gasteiger partial charge on any atom is -0.496 e. The van der Waals surface area contributed by atoms with E-state index in [1.165, 1.54) is 7.11 Å². The van der Waals surface area contributed by atoms with Crippen LogP contribution >= 0.6 is 0 Å². The molecule has 2 aromatic carbocycles. The number of hydrogen-bond acceptors (Lipinski definition) is 8. The Morgan fingerprint density at radius 2 is 1.65 bits per heavy atom. The average molecular weight is 677 g/mol. The van der Waals surface area contributed by atoms with Crippen LogP contribution in [0.4, 0.5) is 10.5 Å². The van der Waals surface area contributed by atoms with Gasteiger partial charge in [0.05, 0.1) is 25.8 Å². The van der Waals surface area contributed by atoms with Crippen LogP contribution in [0.2, 0.25) is 0 Å². The Hall–Kier alpha value is -4.51. The number of nitrogens with zero attached hydrogens (tertiary/aromatic N) is 1. The second-order valence-electron chi connectivity index (χ2n) is 13.5. The number of methoxy groups -OCH3 is 2. The number of H-pyrrole nitrogens is 1. The molecule has 3 N–H and O–H groups in total. The molecule has 0 atom stereocenters. The number of aromatic amines is 1. The molecule has 1 fully saturated rings. The van der Waals surface area contributed by atoms with Crippen LogP contribution in [0.15, 0.2) is 47.3 Å². The van der Waals surface area contributed by atoms with Crippen molar-refractivity contribution >= 4 is 17.7 Å². The Labute approximate surface area is 289 Å². The van der Waals surface area contributed by atoms with E-state index in [-0.39, 0.29) is 36.2 Å². The van der Waals surface area contributed by atoms with Gasteiger partial charge in [0.1, 0.15) is 23.7 Å². The predicted molar refractivity (Wildman–Crippen MR) is 192 cm³/mol. The number of rotatable bonds is 13. The molecule has 11 heteroatoms. The lowest BCUT2D eigenvalue weighted by Crippen LogP contribution is -2.45. The Balaban J connectivity index is 1.63. The topological polar surface area (TPSA) is 131 Å². The van der Waals surface area contributed by atoms with Gasteiger partial charge in [-0.1, -0.05) is 12.1 Å². The molecule has 0 unspecified atom stereocenters. The number of pyridine rings is 1. The summed E-state index contributed by atoms with van der Waals surface area (Å²) in [6.45, 7) is 13.1. The van der Waals surface area contributed by atoms with E-state index in [4.69, 9.17) is 18.9 Å². The van der Waals surface area contributed by atoms with Gasteiger partial charge in [0.25, 0.3) is 11.5 Å². The van der Waals surface area contributed by atoms with Crippen LogP contribution in [0.5, 0.6) is 11.5 Å². The highest BCUT2D eigenvalue weighted by Gasteiger charge is 2.29. The molecule has 266 valence electrons. The van der Waals surface area contributed by atoms with Gasteiger partial charge in [0.15, 0.2) is 0 Å². The smallest absolute Gasteiger partial charge is 0.407 e. The van der Waals surface area contributed by atoms with Gasteiger partial charge in [-0.15, -0.1) is 0 Å². The highest BCUT2D eigenvalue weighted by atomic mass is 16.6. The molecule has 1 saturated carbocycles. The summed E-state index contributed by atoms with van der Waals surface area (Å²) in [5.74, 6) is 0.869. The van der Waals surface area contributed by atoms with Gasteiger partial charge in [-0.2, -0.15) is 0 Å². The molecule has 0 spiro atoms. The lowest BCUT2D eigenvalue weighted by Gasteiger charge is -2.39. The summed E-state index contributed by atoms with van der Waals surface area (Å²) >= 11 is 0. The normalized spacial score (nSPS) is 16.1. The summed E-state index contributed by atoms with van der Waals surface area (Å²) < 4.78 is 21.8. The lowest BCUT2D eigenvalue weighted by molar-refractivity contribution is 0.0491. The maximum Gasteiger partial charge on any atom is 0.407 e. The van der Waals surface area contributed by atoms with Crippen molar-refractivity contribution in [3.05, 3.63) is 75.2 Å². The molecule has 0 saturated heterocycles. The first-order chi connectivity index (χ1) is 23.3. The quantitative estimate of drug-likeness (QED) is 0.180. The summed E-state index contributed by atoms with van der Waals surface area (Å²) in [7, 11) is 3.14. The Bertz CT molecular complexity index is 1640. The zero-order valence-corrected chi connectivity index (χ0v) is 30.2. The second kappa shape index (κ2) is 16.7. The molecule has 0 bridgehead atoms. The van der Waals surface area contributed by atoms with Crippen molar-refractivity contribution in [2.45, 2.75) is 91.5 Å². The number of ether oxygens (including phenoxy) is 4. The maximum absolute atomic E-state index is 13.9. The van der Waals surface area contributed by atoms with Crippen molar-refractivity contribution in [3.63, 3.8) is 0 Å². The summed E-state index contributed by atoms with van der Waals surface area (Å²) in [5, 5.41) is 6.01. The number of hydrogen-bond donors (Lipinski definition) is 3. The molecular formula is C38H52N4O7. The Morgan fingerprint density at radius 1 is 0.959 bits per heavy atom. The van der Waals surface area contributed by atoms with Gasteiger partial charge in [-0.3, -0.25) is 9.59 Å². The molecule has 11 nitrogen and oxygen atoms in total. The van der Waals surface area contributed by atoms with Gasteiger partial charge in [-0.25, -0.2) is 4.79 Å². The number of nitrogens with one attached hydrogen (secondary N) is 3. The first-order valence-corrected chi connectivity index (χ1v) is 17.0. The minimum atomic E-state index is -0.549. The van der Waals surface area contributed by atoms with Crippen LogP contribution in [0.1, 0.15) is 80.6 Å². The number of carbonyl (C=O) groups is 2. The molecule has 3 aromatic rings. The van der Waals surface area contributed by atoms with E-state index in [1.807, 2.05) is 58.0 Å². The largest absolute Gasteiger partial charge is 0.496 e. The Kier molecular flexibility index (Phi) is 12.7. The van der Waals surface area contributed by atoms with E-state index in [9.17, 15) is 14.4 Å². The zero-order valence-electron chi connectivity index (χ0n) is 30.2. The van der Waals surface area contributed by atoms with Gasteiger partial charge < -0.3 is 39.5 Å². The highest BCUT2D eigenvalue weighted by molar-refractivity contribution is 5.99. The van der Waals surface area contributed by atoms with Crippen molar-refractivity contribution in [2.24, 2.45) is 0 Å². The number of carbonyl (C=O) groups excluding carboxylic acids is 2. The molecule has 1 aliphatic carbocycles. The van der Waals surface area contributed by atoms with Crippen molar-refractivity contribution in [1.82, 2.24) is 15.6 Å². The van der Waals surface area contributed by atoms with Crippen molar-refractivity contribution in [3.8, 4) is 22.6 Å². The van der Waals surface area contributed by atoms with E-state index in [0.29, 0.717) is 35.8 Å². The fourth-order valence-corrected chi connectivity index (χ4v) is 6.32. The SMILES string of the molecule is CCN(c1cc(-c2ccc(OCCOC)cc2)cc(C(=O)NCc2c(OC)cc(C)[nH]c2=O)c1C)C1CCC(NC(=O)OC(C)(C)C)CC1. The van der Waals surface area contributed by atoms with Crippen molar-refractivity contribution in [2.75, 3.05) is 38.9 Å². The van der Waals surface area contributed by atoms with Gasteiger partial charge in [-0.05, 0) is 114 Å². The number of aryl methyl sites for hydroxylation is 1. The monoisotopic (exact) mass is 676 g/mol. The molecule has 0 aliphatic heterocycles. The fraction of sp³-hybridized carbons (Fsp3) is 0.500. The first-order valence-electron chi connectivity index (χ1n) is 17.0. The van der Waals surface area contributed by atoms with Crippen LogP contribution in [0.3, 0.4) is 0 Å². The van der Waals surface area contributed by atoms with Gasteiger partial charge in [0, 0.05) is 42.7 Å². The molecular weight excluding hydrogens is 624 g/mol. The van der Waals surface area contributed by atoms with E-state index >= 15 is 0 Å². The minimum absolute atomic E-state index is 0.0102. The molecule has 49 heavy (non-hydrogen) atoms. The standard InChI is InChI=1S/C38H52N4O7/c1-9-42(29-14-12-28(13-15-29)41-37(45)49-38(4,5)6)33-22-27(26-10-16-30(17-11-26)48-19-18-46-7)21-31(25(33)3)35(43)39-23-32-34(47-8)20-24(2)40-36(32)44/h10-11,16-17,20-22,28-29H,9,12-15,18-19,23H2,1-8H3,(H,39,43)(H,40,44)(H,41,45). The van der Waals surface area contributed by atoms with Crippen LogP contribution in [-0.2, 0) is 16.0 Å². The van der Waals surface area contributed by atoms with Crippen LogP contribution in [0.25, 0.3) is 11.1 Å². The number of alkyl carbamates (subject to hydrolysis) is 1. The summed E-state index contributed by atoms with van der Waals surface area (Å²) in [4.78, 5) is 44.2. The second-order valence-corrected chi connectivity index (χ2v) is 13.5. The maximum atomic E-state index is 13.9. The summed E-state index contributed by atoms with van der Waals surface area (Å²) in [5.41, 5.74) is 4.35. The van der Waals surface area contributed by atoms with Crippen LogP contribution < -0.4 is 30.6 Å². The average Bonchev–Trinajstić information content (AvgIpc) is 3.05. The van der Waals surface area contributed by atoms with E-state index in [1.54, 1.807) is 20.1 Å². The van der Waals surface area contributed by atoms with E-state index in [0.717, 1.165) is 60.4 Å². The zero-order chi connectivity index (χ0) is 35.7. The molecule has 1 heterocycles. The van der Waals surface area contributed by atoms with Gasteiger partial charge in [0.2, 0.25) is 0 Å². The fourth-order valence-electron chi connectivity index (χ4n) is 6.32. The summed E-state index contributed by atoms with van der Waals surface area (Å²) in [6, 6.07) is 13.9. The molecule has 4 rings (SSSR count). The van der Waals surface area contributed by atoms with Crippen molar-refractivity contribution < 1.29 is 28.5 Å². The number of amides is 2. The molecule has 2 amide bonds. The molecule has 1 aliphatic rings. The summed E-state index contributed by atoms with van der Waals surface area (Å²) in [6.07, 6.45) is 3.02. The number of benzene rings is 2. The van der Waals surface area contributed by atoms with E-state index < -0.39 is 5.60 Å². The highest BCUT2D eigenvalue weighted by Crippen LogP contribution is 2.36. The number of anilines is 1. The van der Waals surface area contributed by atoms with Crippen LogP contribution in [0, 0.1) is 13.8 Å². The Morgan fingerprint density at radius 3 is 2.27 bits per heavy atom. The van der Waals surface area contributed by atoms with Crippen LogP contribution in [-0.4, -0.2) is 68.6 Å². The third-order valence-corrected chi connectivity index (χ3v) is 8.75. The molecule has 0 radical (unpaired) electrons. The third kappa shape index (κ3) is 10.0. The van der Waals surface area contributed by atoms with E-state index in [2.05, 4.69) is 33.5 Å². The first kappa shape index (κ1) is 37.3. The van der Waals surface area contributed by atoms with Crippen molar-refractivity contribution in [1.29, 1.82) is 0 Å². The van der Waals surface area contributed by atoms with Gasteiger partial charge >= 0.3 is 6.09 Å².